The molecule has 0 aliphatic rings. The molecule has 0 aliphatic carbocycles. The summed E-state index contributed by atoms with van der Waals surface area (Å²) in [5.41, 5.74) is 1.48. The predicted octanol–water partition coefficient (Wildman–Crippen LogP) is 3.39. The third-order valence-corrected chi connectivity index (χ3v) is 5.32. The van der Waals surface area contributed by atoms with Gasteiger partial charge in [-0.1, -0.05) is 11.8 Å². The van der Waals surface area contributed by atoms with E-state index in [0.29, 0.717) is 5.16 Å². The van der Waals surface area contributed by atoms with Crippen LogP contribution in [0, 0.1) is 13.8 Å². The molecule has 0 fully saturated rings. The monoisotopic (exact) mass is 350 g/mol. The first-order valence-corrected chi connectivity index (χ1v) is 9.00. The zero-order valence-electron chi connectivity index (χ0n) is 13.7. The number of aromatic nitrogens is 4. The minimum Gasteiger partial charge on any atom is -0.459 e. The molecule has 0 bridgehead atoms. The Bertz CT molecular complexity index is 892. The summed E-state index contributed by atoms with van der Waals surface area (Å²) in [6, 6.07) is 0. The number of thioether (sulfide) groups is 1. The number of esters is 1. The first-order chi connectivity index (χ1) is 10.8. The molecule has 8 heteroatoms. The van der Waals surface area contributed by atoms with Crippen molar-refractivity contribution in [1.82, 2.24) is 19.6 Å². The van der Waals surface area contributed by atoms with E-state index < -0.39 is 5.60 Å². The van der Waals surface area contributed by atoms with Crippen molar-refractivity contribution in [3.63, 3.8) is 0 Å². The van der Waals surface area contributed by atoms with E-state index in [4.69, 9.17) is 4.74 Å². The van der Waals surface area contributed by atoms with E-state index in [2.05, 4.69) is 29.0 Å². The Morgan fingerprint density at radius 2 is 2.09 bits per heavy atom. The smallest absolute Gasteiger partial charge is 0.316 e. The van der Waals surface area contributed by atoms with Gasteiger partial charge in [0.25, 0.3) is 0 Å². The molecule has 0 aromatic carbocycles. The molecule has 0 amide bonds. The average Bonchev–Trinajstić information content (AvgIpc) is 2.96. The number of thiophene rings is 1. The van der Waals surface area contributed by atoms with Gasteiger partial charge >= 0.3 is 5.97 Å². The fourth-order valence-electron chi connectivity index (χ4n) is 2.22. The Hall–Kier alpha value is -1.67. The van der Waals surface area contributed by atoms with E-state index in [9.17, 15) is 4.79 Å². The maximum atomic E-state index is 11.8. The Morgan fingerprint density at radius 1 is 1.35 bits per heavy atom. The fourth-order valence-corrected chi connectivity index (χ4v) is 3.89. The van der Waals surface area contributed by atoms with Crippen molar-refractivity contribution in [2.24, 2.45) is 0 Å². The number of hydrogen-bond acceptors (Lipinski definition) is 7. The van der Waals surface area contributed by atoms with Gasteiger partial charge in [0.1, 0.15) is 16.8 Å². The van der Waals surface area contributed by atoms with Crippen LogP contribution in [0.3, 0.4) is 0 Å². The topological polar surface area (TPSA) is 69.4 Å². The second-order valence-electron chi connectivity index (χ2n) is 6.26. The Morgan fingerprint density at radius 3 is 2.78 bits per heavy atom. The Balaban J connectivity index is 1.88. The van der Waals surface area contributed by atoms with Crippen LogP contribution in [0.5, 0.6) is 0 Å². The van der Waals surface area contributed by atoms with Crippen LogP contribution in [-0.2, 0) is 9.53 Å². The third-order valence-electron chi connectivity index (χ3n) is 3.28. The van der Waals surface area contributed by atoms with Crippen molar-refractivity contribution in [2.75, 3.05) is 5.75 Å². The molecule has 0 atom stereocenters. The highest BCUT2D eigenvalue weighted by molar-refractivity contribution is 7.99. The lowest BCUT2D eigenvalue weighted by Gasteiger charge is -2.18. The zero-order chi connectivity index (χ0) is 16.8. The van der Waals surface area contributed by atoms with E-state index in [1.165, 1.54) is 22.2 Å². The summed E-state index contributed by atoms with van der Waals surface area (Å²) >= 11 is 2.96. The zero-order valence-corrected chi connectivity index (χ0v) is 15.3. The van der Waals surface area contributed by atoms with Crippen LogP contribution in [0.4, 0.5) is 0 Å². The molecule has 3 rings (SSSR count). The molecule has 6 nitrogen and oxygen atoms in total. The molecular weight excluding hydrogens is 332 g/mol. The van der Waals surface area contributed by atoms with E-state index in [0.717, 1.165) is 15.9 Å². The fraction of sp³-hybridized carbons (Fsp3) is 0.467. The maximum absolute atomic E-state index is 11.8. The lowest BCUT2D eigenvalue weighted by atomic mass is 10.2. The molecule has 0 aliphatic heterocycles. The van der Waals surface area contributed by atoms with Gasteiger partial charge in [0.05, 0.1) is 11.1 Å². The molecule has 0 N–H and O–H groups in total. The summed E-state index contributed by atoms with van der Waals surface area (Å²) in [6.45, 7) is 9.70. The first kappa shape index (κ1) is 16.2. The standard InChI is InChI=1S/C15H18N4O2S2/c1-8-9(2)23-13-11(8)12-17-18-14(19(12)7-16-13)22-6-10(20)21-15(3,4)5/h7H,6H2,1-5H3. The SMILES string of the molecule is Cc1sc2ncn3c(SCC(=O)OC(C)(C)C)nnc3c2c1C. The molecule has 0 saturated heterocycles. The van der Waals surface area contributed by atoms with Crippen LogP contribution >= 0.6 is 23.1 Å². The Labute approximate surface area is 142 Å². The number of nitrogens with zero attached hydrogens (tertiary/aromatic N) is 4. The van der Waals surface area contributed by atoms with E-state index in [-0.39, 0.29) is 11.7 Å². The number of aryl methyl sites for hydroxylation is 2. The molecule has 23 heavy (non-hydrogen) atoms. The summed E-state index contributed by atoms with van der Waals surface area (Å²) in [7, 11) is 0. The summed E-state index contributed by atoms with van der Waals surface area (Å²) in [5.74, 6) is -0.0755. The van der Waals surface area contributed by atoms with Crippen molar-refractivity contribution in [1.29, 1.82) is 0 Å². The highest BCUT2D eigenvalue weighted by Crippen LogP contribution is 2.32. The summed E-state index contributed by atoms with van der Waals surface area (Å²) in [6.07, 6.45) is 1.71. The van der Waals surface area contributed by atoms with Gasteiger partial charge in [-0.3, -0.25) is 9.20 Å². The number of fused-ring (bicyclic) bond motifs is 3. The van der Waals surface area contributed by atoms with Gasteiger partial charge in [-0.2, -0.15) is 0 Å². The van der Waals surface area contributed by atoms with Crippen LogP contribution < -0.4 is 0 Å². The van der Waals surface area contributed by atoms with Crippen molar-refractivity contribution < 1.29 is 9.53 Å². The van der Waals surface area contributed by atoms with Crippen molar-refractivity contribution in [3.05, 3.63) is 16.8 Å². The van der Waals surface area contributed by atoms with Crippen LogP contribution in [0.15, 0.2) is 11.5 Å². The molecule has 0 unspecified atom stereocenters. The molecule has 122 valence electrons. The predicted molar refractivity (Wildman–Crippen MR) is 92.2 cm³/mol. The van der Waals surface area contributed by atoms with Gasteiger partial charge in [-0.25, -0.2) is 4.98 Å². The maximum Gasteiger partial charge on any atom is 0.316 e. The van der Waals surface area contributed by atoms with Crippen molar-refractivity contribution in [2.45, 2.75) is 45.4 Å². The summed E-state index contributed by atoms with van der Waals surface area (Å²) in [4.78, 5) is 18.5. The summed E-state index contributed by atoms with van der Waals surface area (Å²) < 4.78 is 7.14. The lowest BCUT2D eigenvalue weighted by Crippen LogP contribution is -2.24. The minimum absolute atomic E-state index is 0.192. The van der Waals surface area contributed by atoms with Crippen molar-refractivity contribution >= 4 is 44.9 Å². The second kappa shape index (κ2) is 5.76. The number of carbonyl (C=O) groups excluding carboxylic acids is 1. The van der Waals surface area contributed by atoms with Crippen molar-refractivity contribution in [3.8, 4) is 0 Å². The highest BCUT2D eigenvalue weighted by atomic mass is 32.2. The largest absolute Gasteiger partial charge is 0.459 e. The van der Waals surface area contributed by atoms with Crippen LogP contribution in [0.2, 0.25) is 0 Å². The Kier molecular flexibility index (Phi) is 4.05. The normalized spacial score (nSPS) is 12.2. The third kappa shape index (κ3) is 3.18. The molecular formula is C15H18N4O2S2. The van der Waals surface area contributed by atoms with Gasteiger partial charge in [0, 0.05) is 4.88 Å². The molecule has 0 radical (unpaired) electrons. The average molecular weight is 350 g/mol. The molecule has 3 aromatic heterocycles. The minimum atomic E-state index is -0.483. The van der Waals surface area contributed by atoms with Crippen LogP contribution in [-0.4, -0.2) is 36.9 Å². The summed E-state index contributed by atoms with van der Waals surface area (Å²) in [5, 5.41) is 10.2. The number of carbonyl (C=O) groups is 1. The molecule has 0 spiro atoms. The first-order valence-electron chi connectivity index (χ1n) is 7.20. The quantitative estimate of drug-likeness (QED) is 0.533. The van der Waals surface area contributed by atoms with E-state index in [1.54, 1.807) is 17.7 Å². The van der Waals surface area contributed by atoms with Crippen LogP contribution in [0.1, 0.15) is 31.2 Å². The number of hydrogen-bond donors (Lipinski definition) is 0. The van der Waals surface area contributed by atoms with Gasteiger partial charge in [-0.15, -0.1) is 21.5 Å². The van der Waals surface area contributed by atoms with Gasteiger partial charge in [-0.05, 0) is 40.2 Å². The lowest BCUT2D eigenvalue weighted by molar-refractivity contribution is -0.151. The number of ether oxygens (including phenoxy) is 1. The molecule has 0 saturated carbocycles. The van der Waals surface area contributed by atoms with E-state index >= 15 is 0 Å². The number of rotatable bonds is 3. The van der Waals surface area contributed by atoms with Crippen LogP contribution in [0.25, 0.3) is 15.9 Å². The highest BCUT2D eigenvalue weighted by Gasteiger charge is 2.19. The van der Waals surface area contributed by atoms with Gasteiger partial charge in [0.15, 0.2) is 10.8 Å². The van der Waals surface area contributed by atoms with E-state index in [1.807, 2.05) is 25.2 Å². The molecule has 3 aromatic rings. The molecule has 3 heterocycles. The van der Waals surface area contributed by atoms with Gasteiger partial charge < -0.3 is 4.74 Å². The van der Waals surface area contributed by atoms with Gasteiger partial charge in [0.2, 0.25) is 0 Å². The second-order valence-corrected chi connectivity index (χ2v) is 8.40.